The zero-order valence-corrected chi connectivity index (χ0v) is 17.1. The first-order valence-electron chi connectivity index (χ1n) is 9.07. The summed E-state index contributed by atoms with van der Waals surface area (Å²) in [5.74, 6) is 0.413. The molecule has 1 heterocycles. The van der Waals surface area contributed by atoms with Crippen molar-refractivity contribution in [2.24, 2.45) is 0 Å². The van der Waals surface area contributed by atoms with Crippen LogP contribution >= 0.6 is 11.8 Å². The van der Waals surface area contributed by atoms with Crippen molar-refractivity contribution < 1.29 is 13.9 Å². The Labute approximate surface area is 168 Å². The van der Waals surface area contributed by atoms with E-state index in [0.717, 1.165) is 21.5 Å². The number of thioether (sulfide) groups is 1. The predicted octanol–water partition coefficient (Wildman–Crippen LogP) is 5.04. The summed E-state index contributed by atoms with van der Waals surface area (Å²) >= 11 is 1.56. The first-order valence-corrected chi connectivity index (χ1v) is 10.3. The fraction of sp³-hybridized carbons (Fsp3) is 0.273. The monoisotopic (exact) mass is 397 g/mol. The van der Waals surface area contributed by atoms with Gasteiger partial charge in [-0.1, -0.05) is 26.0 Å². The van der Waals surface area contributed by atoms with E-state index in [1.807, 2.05) is 50.4 Å². The van der Waals surface area contributed by atoms with Gasteiger partial charge in [0.25, 0.3) is 5.91 Å². The second-order valence-electron chi connectivity index (χ2n) is 6.78. The molecule has 0 saturated carbocycles. The second kappa shape index (κ2) is 8.52. The second-order valence-corrected chi connectivity index (χ2v) is 7.63. The van der Waals surface area contributed by atoms with E-state index < -0.39 is 11.7 Å². The smallest absolute Gasteiger partial charge is 0.336 e. The highest BCUT2D eigenvalue weighted by Crippen LogP contribution is 2.28. The summed E-state index contributed by atoms with van der Waals surface area (Å²) in [6.45, 7) is 5.73. The molecule has 0 spiro atoms. The lowest BCUT2D eigenvalue weighted by Crippen LogP contribution is -2.30. The summed E-state index contributed by atoms with van der Waals surface area (Å²) in [7, 11) is 0. The largest absolute Gasteiger partial charge is 0.481 e. The van der Waals surface area contributed by atoms with E-state index in [2.05, 4.69) is 5.32 Å². The van der Waals surface area contributed by atoms with E-state index in [9.17, 15) is 9.59 Å². The molecule has 3 aromatic rings. The number of carbonyl (C=O) groups is 1. The molecule has 1 aromatic heterocycles. The Morgan fingerprint density at radius 1 is 1.11 bits per heavy atom. The molecular formula is C22H23NO4S. The highest BCUT2D eigenvalue weighted by atomic mass is 32.2. The minimum atomic E-state index is -0.715. The number of para-hydroxylation sites is 1. The molecule has 2 aromatic carbocycles. The molecule has 0 aliphatic heterocycles. The van der Waals surface area contributed by atoms with Crippen molar-refractivity contribution in [3.63, 3.8) is 0 Å². The van der Waals surface area contributed by atoms with Gasteiger partial charge in [0.05, 0.1) is 5.69 Å². The molecule has 1 N–H and O–H groups in total. The number of anilines is 1. The number of amides is 1. The van der Waals surface area contributed by atoms with Gasteiger partial charge < -0.3 is 14.5 Å². The van der Waals surface area contributed by atoms with Gasteiger partial charge in [0.1, 0.15) is 11.3 Å². The number of hydrogen-bond donors (Lipinski definition) is 1. The Morgan fingerprint density at radius 2 is 1.86 bits per heavy atom. The normalized spacial score (nSPS) is 12.2. The van der Waals surface area contributed by atoms with Crippen LogP contribution in [0.2, 0.25) is 0 Å². The van der Waals surface area contributed by atoms with Crippen LogP contribution < -0.4 is 15.7 Å². The Balaban J connectivity index is 1.80. The third kappa shape index (κ3) is 4.39. The molecule has 1 atom stereocenters. The maximum Gasteiger partial charge on any atom is 0.336 e. The molecule has 6 heteroatoms. The van der Waals surface area contributed by atoms with Gasteiger partial charge in [-0.2, -0.15) is 0 Å². The van der Waals surface area contributed by atoms with Crippen LogP contribution in [-0.2, 0) is 4.79 Å². The maximum absolute atomic E-state index is 12.5. The number of rotatable bonds is 6. The topological polar surface area (TPSA) is 68.5 Å². The van der Waals surface area contributed by atoms with Gasteiger partial charge in [-0.25, -0.2) is 4.79 Å². The quantitative estimate of drug-likeness (QED) is 0.466. The fourth-order valence-electron chi connectivity index (χ4n) is 2.96. The number of fused-ring (bicyclic) bond motifs is 1. The summed E-state index contributed by atoms with van der Waals surface area (Å²) < 4.78 is 11.1. The Bertz CT molecular complexity index is 1060. The third-order valence-electron chi connectivity index (χ3n) is 4.42. The summed E-state index contributed by atoms with van der Waals surface area (Å²) in [6, 6.07) is 14.4. The van der Waals surface area contributed by atoms with Gasteiger partial charge in [0.15, 0.2) is 6.10 Å². The van der Waals surface area contributed by atoms with E-state index in [1.54, 1.807) is 30.8 Å². The minimum Gasteiger partial charge on any atom is -0.481 e. The van der Waals surface area contributed by atoms with Crippen molar-refractivity contribution in [3.8, 4) is 5.75 Å². The number of hydrogen-bond acceptors (Lipinski definition) is 5. The molecule has 146 valence electrons. The molecule has 0 radical (unpaired) electrons. The van der Waals surface area contributed by atoms with Crippen molar-refractivity contribution >= 4 is 34.3 Å². The van der Waals surface area contributed by atoms with E-state index in [4.69, 9.17) is 9.15 Å². The number of benzene rings is 2. The minimum absolute atomic E-state index is 0.194. The van der Waals surface area contributed by atoms with E-state index in [0.29, 0.717) is 11.3 Å². The molecule has 0 bridgehead atoms. The van der Waals surface area contributed by atoms with Crippen LogP contribution in [0.25, 0.3) is 11.0 Å². The maximum atomic E-state index is 12.5. The predicted molar refractivity (Wildman–Crippen MR) is 114 cm³/mol. The number of carbonyl (C=O) groups excluding carboxylic acids is 1. The molecule has 1 amide bonds. The van der Waals surface area contributed by atoms with Gasteiger partial charge in [0.2, 0.25) is 0 Å². The van der Waals surface area contributed by atoms with Crippen molar-refractivity contribution in [3.05, 3.63) is 64.5 Å². The van der Waals surface area contributed by atoms with Crippen molar-refractivity contribution in [2.75, 3.05) is 11.6 Å². The van der Waals surface area contributed by atoms with Crippen molar-refractivity contribution in [2.45, 2.75) is 37.7 Å². The summed E-state index contributed by atoms with van der Waals surface area (Å²) in [5, 5.41) is 3.76. The van der Waals surface area contributed by atoms with Crippen LogP contribution in [0.4, 0.5) is 5.69 Å². The third-order valence-corrected chi connectivity index (χ3v) is 5.21. The zero-order chi connectivity index (χ0) is 20.3. The van der Waals surface area contributed by atoms with E-state index in [1.165, 1.54) is 6.07 Å². The zero-order valence-electron chi connectivity index (χ0n) is 16.3. The molecule has 1 unspecified atom stereocenters. The van der Waals surface area contributed by atoms with Crippen molar-refractivity contribution in [1.82, 2.24) is 0 Å². The van der Waals surface area contributed by atoms with Gasteiger partial charge in [0, 0.05) is 22.4 Å². The molecular weight excluding hydrogens is 374 g/mol. The molecule has 5 nitrogen and oxygen atoms in total. The molecule has 0 aliphatic rings. The van der Waals surface area contributed by atoms with E-state index in [-0.39, 0.29) is 11.8 Å². The molecule has 0 fully saturated rings. The van der Waals surface area contributed by atoms with Gasteiger partial charge in [-0.05, 0) is 48.9 Å². The summed E-state index contributed by atoms with van der Waals surface area (Å²) in [5.41, 5.74) is 1.74. The summed E-state index contributed by atoms with van der Waals surface area (Å²) in [6.07, 6.45) is 1.24. The van der Waals surface area contributed by atoms with Gasteiger partial charge in [-0.3, -0.25) is 4.79 Å². The lowest BCUT2D eigenvalue weighted by molar-refractivity contribution is -0.122. The Hall–Kier alpha value is -2.73. The first kappa shape index (κ1) is 20.0. The highest BCUT2D eigenvalue weighted by Gasteiger charge is 2.17. The lowest BCUT2D eigenvalue weighted by Gasteiger charge is -2.16. The fourth-order valence-corrected chi connectivity index (χ4v) is 3.51. The standard InChI is InChI=1S/C22H23NO4S/c1-13(2)17-12-21(24)27-19-11-15(9-10-16(17)19)26-14(3)22(25)23-18-7-5-6-8-20(18)28-4/h5-14H,1-4H3,(H,23,25). The highest BCUT2D eigenvalue weighted by molar-refractivity contribution is 7.98. The lowest BCUT2D eigenvalue weighted by atomic mass is 10.00. The van der Waals surface area contributed by atoms with Gasteiger partial charge >= 0.3 is 5.63 Å². The Kier molecular flexibility index (Phi) is 6.09. The number of nitrogens with one attached hydrogen (secondary N) is 1. The van der Waals surface area contributed by atoms with Crippen LogP contribution in [-0.4, -0.2) is 18.3 Å². The van der Waals surface area contributed by atoms with Crippen LogP contribution in [0.1, 0.15) is 32.3 Å². The van der Waals surface area contributed by atoms with Crippen LogP contribution in [0.3, 0.4) is 0 Å². The van der Waals surface area contributed by atoms with Crippen LogP contribution in [0.5, 0.6) is 5.75 Å². The summed E-state index contributed by atoms with van der Waals surface area (Å²) in [4.78, 5) is 25.4. The Morgan fingerprint density at radius 3 is 2.57 bits per heavy atom. The average molecular weight is 397 g/mol. The molecule has 28 heavy (non-hydrogen) atoms. The number of ether oxygens (including phenoxy) is 1. The van der Waals surface area contributed by atoms with Crippen molar-refractivity contribution in [1.29, 1.82) is 0 Å². The first-order chi connectivity index (χ1) is 13.4. The van der Waals surface area contributed by atoms with Crippen LogP contribution in [0, 0.1) is 0 Å². The average Bonchev–Trinajstić information content (AvgIpc) is 2.67. The van der Waals surface area contributed by atoms with E-state index >= 15 is 0 Å². The van der Waals surface area contributed by atoms with Crippen LogP contribution in [0.15, 0.2) is 62.6 Å². The SMILES string of the molecule is CSc1ccccc1NC(=O)C(C)Oc1ccc2c(C(C)C)cc(=O)oc2c1. The molecule has 0 aliphatic carbocycles. The molecule has 0 saturated heterocycles. The molecule has 3 rings (SSSR count). The van der Waals surface area contributed by atoms with Gasteiger partial charge in [-0.15, -0.1) is 11.8 Å².